The Kier molecular flexibility index (Phi) is 4.62. The van der Waals surface area contributed by atoms with E-state index in [1.807, 2.05) is 7.05 Å². The smallest absolute Gasteiger partial charge is 0.196 e. The Labute approximate surface area is 84.7 Å². The number of nitrogens with one attached hydrogen (secondary N) is 1. The lowest BCUT2D eigenvalue weighted by Crippen LogP contribution is -2.23. The molecule has 0 aliphatic carbocycles. The van der Waals surface area contributed by atoms with Crippen molar-refractivity contribution in [3.8, 4) is 0 Å². The second-order valence-electron chi connectivity index (χ2n) is 3.37. The molecule has 1 unspecified atom stereocenters. The van der Waals surface area contributed by atoms with Crippen LogP contribution in [0.15, 0.2) is 10.7 Å². The van der Waals surface area contributed by atoms with Crippen molar-refractivity contribution >= 4 is 0 Å². The van der Waals surface area contributed by atoms with E-state index in [0.29, 0.717) is 12.6 Å². The van der Waals surface area contributed by atoms with Gasteiger partial charge in [0.25, 0.3) is 0 Å². The predicted molar refractivity (Wildman–Crippen MR) is 54.3 cm³/mol. The molecule has 4 heteroatoms. The fourth-order valence-corrected chi connectivity index (χ4v) is 1.16. The van der Waals surface area contributed by atoms with Crippen LogP contribution >= 0.6 is 0 Å². The largest absolute Gasteiger partial charge is 0.449 e. The Morgan fingerprint density at radius 2 is 2.43 bits per heavy atom. The van der Waals surface area contributed by atoms with E-state index in [1.54, 1.807) is 13.4 Å². The number of hydrogen-bond donors (Lipinski definition) is 1. The van der Waals surface area contributed by atoms with Gasteiger partial charge in [-0.2, -0.15) is 0 Å². The highest BCUT2D eigenvalue weighted by atomic mass is 16.5. The van der Waals surface area contributed by atoms with Gasteiger partial charge in [-0.15, -0.1) is 0 Å². The molecule has 1 heterocycles. The molecule has 1 rings (SSSR count). The van der Waals surface area contributed by atoms with E-state index in [2.05, 4.69) is 17.2 Å². The molecule has 0 aliphatic rings. The summed E-state index contributed by atoms with van der Waals surface area (Å²) >= 11 is 0. The normalized spacial score (nSPS) is 13.1. The van der Waals surface area contributed by atoms with Gasteiger partial charge < -0.3 is 14.5 Å². The fraction of sp³-hybridized carbons (Fsp3) is 0.700. The average molecular weight is 198 g/mol. The molecule has 1 aromatic rings. The number of nitrogens with zero attached hydrogens (tertiary/aromatic N) is 1. The Morgan fingerprint density at radius 3 is 3.07 bits per heavy atom. The van der Waals surface area contributed by atoms with Crippen LogP contribution < -0.4 is 5.32 Å². The summed E-state index contributed by atoms with van der Waals surface area (Å²) in [6.45, 7) is 2.77. The van der Waals surface area contributed by atoms with Crippen LogP contribution in [0.4, 0.5) is 0 Å². The molecular weight excluding hydrogens is 180 g/mol. The van der Waals surface area contributed by atoms with Gasteiger partial charge in [0.2, 0.25) is 0 Å². The molecule has 0 fully saturated rings. The van der Waals surface area contributed by atoms with Crippen molar-refractivity contribution in [3.05, 3.63) is 17.8 Å². The van der Waals surface area contributed by atoms with Gasteiger partial charge in [-0.3, -0.25) is 0 Å². The van der Waals surface area contributed by atoms with Crippen LogP contribution in [0.1, 0.15) is 18.5 Å². The monoisotopic (exact) mass is 198 g/mol. The fourth-order valence-electron chi connectivity index (χ4n) is 1.16. The molecule has 1 aromatic heterocycles. The van der Waals surface area contributed by atoms with E-state index >= 15 is 0 Å². The second kappa shape index (κ2) is 5.78. The molecule has 0 radical (unpaired) electrons. The zero-order valence-corrected chi connectivity index (χ0v) is 9.04. The van der Waals surface area contributed by atoms with Crippen LogP contribution in [0.3, 0.4) is 0 Å². The Balaban J connectivity index is 2.42. The molecule has 0 spiro atoms. The minimum absolute atomic E-state index is 0.426. The zero-order valence-electron chi connectivity index (χ0n) is 9.04. The van der Waals surface area contributed by atoms with Crippen LogP contribution in [-0.4, -0.2) is 31.8 Å². The summed E-state index contributed by atoms with van der Waals surface area (Å²) in [6, 6.07) is 0.426. The third kappa shape index (κ3) is 3.47. The Bertz CT molecular complexity index is 260. The predicted octanol–water partition coefficient (Wildman–Crippen LogP) is 1.01. The highest BCUT2D eigenvalue weighted by Crippen LogP contribution is 2.05. The maximum absolute atomic E-state index is 5.29. The summed E-state index contributed by atoms with van der Waals surface area (Å²) in [5.41, 5.74) is 0.998. The average Bonchev–Trinajstić information content (AvgIpc) is 2.62. The van der Waals surface area contributed by atoms with Crippen LogP contribution in [0.2, 0.25) is 0 Å². The summed E-state index contributed by atoms with van der Waals surface area (Å²) in [6.07, 6.45) is 3.36. The molecule has 14 heavy (non-hydrogen) atoms. The van der Waals surface area contributed by atoms with Crippen LogP contribution in [-0.2, 0) is 17.6 Å². The van der Waals surface area contributed by atoms with Gasteiger partial charge in [0, 0.05) is 26.0 Å². The minimum atomic E-state index is 0.426. The molecular formula is C10H18N2O2. The number of methoxy groups -OCH3 is 1. The van der Waals surface area contributed by atoms with Gasteiger partial charge in [0.05, 0.1) is 12.3 Å². The first kappa shape index (κ1) is 11.2. The highest BCUT2D eigenvalue weighted by Gasteiger charge is 2.06. The lowest BCUT2D eigenvalue weighted by molar-refractivity contribution is 0.195. The maximum Gasteiger partial charge on any atom is 0.196 e. The lowest BCUT2D eigenvalue weighted by atomic mass is 10.2. The third-order valence-electron chi connectivity index (χ3n) is 2.13. The van der Waals surface area contributed by atoms with E-state index in [1.165, 1.54) is 0 Å². The number of ether oxygens (including phenoxy) is 1. The molecule has 4 nitrogen and oxygen atoms in total. The van der Waals surface area contributed by atoms with Gasteiger partial charge in [-0.05, 0) is 14.0 Å². The number of oxazole rings is 1. The van der Waals surface area contributed by atoms with Crippen molar-refractivity contribution in [2.24, 2.45) is 0 Å². The highest BCUT2D eigenvalue weighted by molar-refractivity contribution is 4.98. The molecule has 80 valence electrons. The number of aromatic nitrogens is 1. The first-order chi connectivity index (χ1) is 6.76. The minimum Gasteiger partial charge on any atom is -0.449 e. The molecule has 1 atom stereocenters. The van der Waals surface area contributed by atoms with Crippen molar-refractivity contribution < 1.29 is 9.15 Å². The first-order valence-corrected chi connectivity index (χ1v) is 4.85. The van der Waals surface area contributed by atoms with Crippen molar-refractivity contribution in [2.75, 3.05) is 20.8 Å². The Hall–Kier alpha value is -0.870. The third-order valence-corrected chi connectivity index (χ3v) is 2.13. The summed E-state index contributed by atoms with van der Waals surface area (Å²) < 4.78 is 10.2. The van der Waals surface area contributed by atoms with Crippen LogP contribution in [0.25, 0.3) is 0 Å². The van der Waals surface area contributed by atoms with E-state index in [9.17, 15) is 0 Å². The van der Waals surface area contributed by atoms with E-state index in [0.717, 1.165) is 24.4 Å². The number of rotatable bonds is 6. The summed E-state index contributed by atoms with van der Waals surface area (Å²) in [7, 11) is 3.61. The number of likely N-dealkylation sites (N-methyl/N-ethyl adjacent to an activating group) is 1. The van der Waals surface area contributed by atoms with Gasteiger partial charge >= 0.3 is 0 Å². The summed E-state index contributed by atoms with van der Waals surface area (Å²) in [4.78, 5) is 4.35. The Morgan fingerprint density at radius 1 is 1.64 bits per heavy atom. The molecule has 0 aliphatic heterocycles. The maximum atomic E-state index is 5.29. The van der Waals surface area contributed by atoms with Crippen molar-refractivity contribution in [1.29, 1.82) is 0 Å². The number of hydrogen-bond acceptors (Lipinski definition) is 4. The van der Waals surface area contributed by atoms with Gasteiger partial charge in [-0.25, -0.2) is 4.98 Å². The molecule has 0 saturated heterocycles. The van der Waals surface area contributed by atoms with Crippen molar-refractivity contribution in [1.82, 2.24) is 10.3 Å². The van der Waals surface area contributed by atoms with Gasteiger partial charge in [-0.1, -0.05) is 0 Å². The summed E-state index contributed by atoms with van der Waals surface area (Å²) in [5, 5.41) is 3.16. The molecule has 0 bridgehead atoms. The quantitative estimate of drug-likeness (QED) is 0.741. The van der Waals surface area contributed by atoms with E-state index in [4.69, 9.17) is 9.15 Å². The molecule has 0 saturated carbocycles. The second-order valence-corrected chi connectivity index (χ2v) is 3.37. The van der Waals surface area contributed by atoms with E-state index in [-0.39, 0.29) is 0 Å². The molecule has 1 N–H and O–H groups in total. The molecule has 0 amide bonds. The SMILES string of the molecule is CNC(C)Cc1coc(CCOC)n1. The van der Waals surface area contributed by atoms with Gasteiger partial charge in [0.1, 0.15) is 6.26 Å². The van der Waals surface area contributed by atoms with E-state index < -0.39 is 0 Å². The van der Waals surface area contributed by atoms with Crippen LogP contribution in [0, 0.1) is 0 Å². The van der Waals surface area contributed by atoms with Crippen molar-refractivity contribution in [2.45, 2.75) is 25.8 Å². The first-order valence-electron chi connectivity index (χ1n) is 4.85. The van der Waals surface area contributed by atoms with Crippen molar-refractivity contribution in [3.63, 3.8) is 0 Å². The van der Waals surface area contributed by atoms with Crippen LogP contribution in [0.5, 0.6) is 0 Å². The van der Waals surface area contributed by atoms with Gasteiger partial charge in [0.15, 0.2) is 5.89 Å². The standard InChI is InChI=1S/C10H18N2O2/c1-8(11-2)6-9-7-14-10(12-9)4-5-13-3/h7-8,11H,4-6H2,1-3H3. The lowest BCUT2D eigenvalue weighted by Gasteiger charge is -2.05. The zero-order chi connectivity index (χ0) is 10.4. The summed E-state index contributed by atoms with van der Waals surface area (Å²) in [5.74, 6) is 0.755. The molecule has 0 aromatic carbocycles. The topological polar surface area (TPSA) is 47.3 Å².